The monoisotopic (exact) mass is 426 g/mol. The molecule has 2 aromatic carbocycles. The average Bonchev–Trinajstić information content (AvgIpc) is 3.15. The number of unbranched alkanes of at least 4 members (excludes halogenated alkanes) is 1. The Labute approximate surface area is 183 Å². The van der Waals surface area contributed by atoms with Gasteiger partial charge in [0.2, 0.25) is 11.8 Å². The minimum absolute atomic E-state index is 0.00110. The van der Waals surface area contributed by atoms with Crippen molar-refractivity contribution in [3.63, 3.8) is 0 Å². The smallest absolute Gasteiger partial charge is 0.238 e. The van der Waals surface area contributed by atoms with Gasteiger partial charge in [-0.25, -0.2) is 0 Å². The van der Waals surface area contributed by atoms with Crippen LogP contribution in [0.15, 0.2) is 48.5 Å². The first kappa shape index (κ1) is 22.2. The second-order valence-corrected chi connectivity index (χ2v) is 8.49. The maximum atomic E-state index is 12.9. The molecule has 2 aromatic rings. The lowest BCUT2D eigenvalue weighted by molar-refractivity contribution is -0.120. The van der Waals surface area contributed by atoms with Crippen LogP contribution in [0, 0.1) is 5.92 Å². The number of rotatable bonds is 9. The van der Waals surface area contributed by atoms with E-state index in [0.717, 1.165) is 42.6 Å². The van der Waals surface area contributed by atoms with Crippen LogP contribution in [0.2, 0.25) is 0 Å². The molecule has 1 fully saturated rings. The van der Waals surface area contributed by atoms with Crippen molar-refractivity contribution in [3.05, 3.63) is 54.1 Å². The van der Waals surface area contributed by atoms with Gasteiger partial charge in [0.15, 0.2) is 0 Å². The Morgan fingerprint density at radius 3 is 2.67 bits per heavy atom. The molecule has 2 unspecified atom stereocenters. The summed E-state index contributed by atoms with van der Waals surface area (Å²) in [5, 5.41) is 2.92. The first-order chi connectivity index (χ1) is 14.6. The van der Waals surface area contributed by atoms with E-state index in [4.69, 9.17) is 4.74 Å². The van der Waals surface area contributed by atoms with Crippen LogP contribution in [0.3, 0.4) is 0 Å². The highest BCUT2D eigenvalue weighted by atomic mass is 32.2. The molecular formula is C24H30N2O3S. The summed E-state index contributed by atoms with van der Waals surface area (Å²) < 4.78 is 5.50. The largest absolute Gasteiger partial charge is 0.495 e. The van der Waals surface area contributed by atoms with Gasteiger partial charge in [0, 0.05) is 17.2 Å². The molecule has 0 spiro atoms. The van der Waals surface area contributed by atoms with Gasteiger partial charge in [0.1, 0.15) is 11.1 Å². The molecule has 3 rings (SSSR count). The Bertz CT molecular complexity index is 886. The Morgan fingerprint density at radius 1 is 1.20 bits per heavy atom. The molecular weight excluding hydrogens is 396 g/mol. The van der Waals surface area contributed by atoms with Gasteiger partial charge in [-0.2, -0.15) is 0 Å². The van der Waals surface area contributed by atoms with E-state index < -0.39 is 0 Å². The van der Waals surface area contributed by atoms with E-state index in [1.807, 2.05) is 48.5 Å². The molecule has 6 heteroatoms. The summed E-state index contributed by atoms with van der Waals surface area (Å²) in [6.45, 7) is 4.20. The summed E-state index contributed by atoms with van der Waals surface area (Å²) in [6, 6.07) is 15.3. The van der Waals surface area contributed by atoms with Gasteiger partial charge in [-0.1, -0.05) is 57.0 Å². The maximum absolute atomic E-state index is 12.9. The predicted molar refractivity (Wildman–Crippen MR) is 124 cm³/mol. The van der Waals surface area contributed by atoms with Crippen LogP contribution in [0.1, 0.15) is 50.5 Å². The normalized spacial score (nSPS) is 17.1. The Hall–Kier alpha value is -2.47. The number of methoxy groups -OCH3 is 1. The zero-order chi connectivity index (χ0) is 21.5. The van der Waals surface area contributed by atoms with Crippen molar-refractivity contribution < 1.29 is 14.3 Å². The first-order valence-electron chi connectivity index (χ1n) is 10.6. The molecule has 0 bridgehead atoms. The molecule has 2 amide bonds. The Morgan fingerprint density at radius 2 is 1.93 bits per heavy atom. The van der Waals surface area contributed by atoms with Crippen LogP contribution in [-0.4, -0.2) is 24.7 Å². The van der Waals surface area contributed by atoms with Crippen molar-refractivity contribution in [2.45, 2.75) is 44.9 Å². The molecule has 30 heavy (non-hydrogen) atoms. The van der Waals surface area contributed by atoms with Crippen LogP contribution in [0.25, 0.3) is 0 Å². The molecule has 0 aromatic heterocycles. The number of carbonyl (C=O) groups excluding carboxylic acids is 2. The molecule has 2 atom stereocenters. The summed E-state index contributed by atoms with van der Waals surface area (Å²) in [6.07, 6.45) is 3.83. The van der Waals surface area contributed by atoms with Crippen molar-refractivity contribution in [1.82, 2.24) is 0 Å². The lowest BCUT2D eigenvalue weighted by Gasteiger charge is -2.27. The zero-order valence-corrected chi connectivity index (χ0v) is 18.7. The van der Waals surface area contributed by atoms with E-state index in [0.29, 0.717) is 11.5 Å². The number of carbonyl (C=O) groups is 2. The summed E-state index contributed by atoms with van der Waals surface area (Å²) in [4.78, 5) is 27.5. The molecule has 1 heterocycles. The fraction of sp³-hybridized carbons (Fsp3) is 0.417. The van der Waals surface area contributed by atoms with Crippen LogP contribution in [0.4, 0.5) is 11.4 Å². The first-order valence-corrected chi connectivity index (χ1v) is 11.6. The standard InChI is InChI=1S/C24H30N2O3S/c1-4-6-11-17(5-2)23(28)25-19-13-8-7-12-18(19)24-26(22(27)16-30-24)20-14-9-10-15-21(20)29-3/h7-10,12-15,17,24H,4-6,11,16H2,1-3H3,(H,25,28). The number of para-hydroxylation sites is 3. The Balaban J connectivity index is 1.90. The van der Waals surface area contributed by atoms with E-state index in [-0.39, 0.29) is 23.1 Å². The summed E-state index contributed by atoms with van der Waals surface area (Å²) in [7, 11) is 1.61. The number of nitrogens with one attached hydrogen (secondary N) is 1. The van der Waals surface area contributed by atoms with Crippen LogP contribution >= 0.6 is 11.8 Å². The van der Waals surface area contributed by atoms with E-state index in [1.54, 1.807) is 23.8 Å². The highest BCUT2D eigenvalue weighted by molar-refractivity contribution is 8.00. The Kier molecular flexibility index (Phi) is 7.80. The van der Waals surface area contributed by atoms with Gasteiger partial charge in [-0.05, 0) is 31.0 Å². The van der Waals surface area contributed by atoms with Crippen LogP contribution in [0.5, 0.6) is 5.75 Å². The fourth-order valence-electron chi connectivity index (χ4n) is 3.78. The second-order valence-electron chi connectivity index (χ2n) is 7.42. The second kappa shape index (κ2) is 10.5. The third-order valence-corrected chi connectivity index (χ3v) is 6.66. The predicted octanol–water partition coefficient (Wildman–Crippen LogP) is 5.63. The average molecular weight is 427 g/mol. The third kappa shape index (κ3) is 4.81. The van der Waals surface area contributed by atoms with E-state index in [1.165, 1.54) is 0 Å². The molecule has 0 aliphatic carbocycles. The highest BCUT2D eigenvalue weighted by Crippen LogP contribution is 2.46. The maximum Gasteiger partial charge on any atom is 0.238 e. The summed E-state index contributed by atoms with van der Waals surface area (Å²) in [5.74, 6) is 1.13. The lowest BCUT2D eigenvalue weighted by atomic mass is 9.98. The molecule has 0 saturated carbocycles. The number of anilines is 2. The van der Waals surface area contributed by atoms with E-state index in [9.17, 15) is 9.59 Å². The van der Waals surface area contributed by atoms with Crippen LogP contribution < -0.4 is 15.0 Å². The summed E-state index contributed by atoms with van der Waals surface area (Å²) >= 11 is 1.56. The molecule has 1 aliphatic rings. The molecule has 160 valence electrons. The number of amides is 2. The van der Waals surface area contributed by atoms with E-state index >= 15 is 0 Å². The topological polar surface area (TPSA) is 58.6 Å². The van der Waals surface area contributed by atoms with Gasteiger partial charge in [-0.15, -0.1) is 11.8 Å². The van der Waals surface area contributed by atoms with Gasteiger partial charge >= 0.3 is 0 Å². The van der Waals surface area contributed by atoms with Gasteiger partial charge in [0.25, 0.3) is 0 Å². The lowest BCUT2D eigenvalue weighted by Crippen LogP contribution is -2.29. The van der Waals surface area contributed by atoms with Crippen molar-refractivity contribution in [1.29, 1.82) is 0 Å². The minimum Gasteiger partial charge on any atom is -0.495 e. The minimum atomic E-state index is -0.221. The molecule has 1 aliphatic heterocycles. The van der Waals surface area contributed by atoms with Crippen LogP contribution in [-0.2, 0) is 9.59 Å². The molecule has 1 N–H and O–H groups in total. The third-order valence-electron chi connectivity index (χ3n) is 5.47. The van der Waals surface area contributed by atoms with E-state index in [2.05, 4.69) is 19.2 Å². The molecule has 5 nitrogen and oxygen atoms in total. The highest BCUT2D eigenvalue weighted by Gasteiger charge is 2.37. The molecule has 0 radical (unpaired) electrons. The quantitative estimate of drug-likeness (QED) is 0.565. The summed E-state index contributed by atoms with van der Waals surface area (Å²) in [5.41, 5.74) is 2.44. The number of ether oxygens (including phenoxy) is 1. The van der Waals surface area contributed by atoms with Gasteiger partial charge in [0.05, 0.1) is 18.6 Å². The molecule has 1 saturated heterocycles. The zero-order valence-electron chi connectivity index (χ0n) is 17.9. The van der Waals surface area contributed by atoms with Gasteiger partial charge in [-0.3, -0.25) is 14.5 Å². The number of hydrogen-bond acceptors (Lipinski definition) is 4. The number of benzene rings is 2. The SMILES string of the molecule is CCCCC(CC)C(=O)Nc1ccccc1C1SCC(=O)N1c1ccccc1OC. The van der Waals surface area contributed by atoms with Crippen molar-refractivity contribution in [2.24, 2.45) is 5.92 Å². The fourth-order valence-corrected chi connectivity index (χ4v) is 4.98. The van der Waals surface area contributed by atoms with Crippen molar-refractivity contribution in [2.75, 3.05) is 23.1 Å². The van der Waals surface area contributed by atoms with Crippen molar-refractivity contribution in [3.8, 4) is 5.75 Å². The number of thioether (sulfide) groups is 1. The number of nitrogens with zero attached hydrogens (tertiary/aromatic N) is 1. The number of hydrogen-bond donors (Lipinski definition) is 1. The van der Waals surface area contributed by atoms with Crippen molar-refractivity contribution >= 4 is 35.0 Å². The van der Waals surface area contributed by atoms with Gasteiger partial charge < -0.3 is 10.1 Å².